The molecule has 18 heavy (non-hydrogen) atoms. The third-order valence-electron chi connectivity index (χ3n) is 3.06. The fourth-order valence-corrected chi connectivity index (χ4v) is 3.63. The van der Waals surface area contributed by atoms with Crippen LogP contribution in [0.5, 0.6) is 0 Å². The number of piperidine rings is 1. The standard InChI is InChI=1S/C12H17BrN2O2S/c1-9-7-11(4-5-12(9)13)18(16,17)15-10-3-2-6-14-8-10/h4-5,7,10,14-15H,2-3,6,8H2,1H3. The molecule has 1 aliphatic heterocycles. The first kappa shape index (κ1) is 14.0. The topological polar surface area (TPSA) is 58.2 Å². The highest BCUT2D eigenvalue weighted by Crippen LogP contribution is 2.20. The monoisotopic (exact) mass is 332 g/mol. The van der Waals surface area contributed by atoms with Gasteiger partial charge < -0.3 is 5.32 Å². The second kappa shape index (κ2) is 5.69. The highest BCUT2D eigenvalue weighted by molar-refractivity contribution is 9.10. The lowest BCUT2D eigenvalue weighted by molar-refractivity contribution is 0.428. The molecule has 1 heterocycles. The number of halogens is 1. The fourth-order valence-electron chi connectivity index (χ4n) is 2.02. The summed E-state index contributed by atoms with van der Waals surface area (Å²) in [7, 11) is -3.41. The van der Waals surface area contributed by atoms with E-state index in [1.165, 1.54) is 0 Å². The van der Waals surface area contributed by atoms with Crippen molar-refractivity contribution in [2.24, 2.45) is 0 Å². The highest BCUT2D eigenvalue weighted by Gasteiger charge is 2.21. The minimum atomic E-state index is -3.41. The Labute approximate surface area is 116 Å². The van der Waals surface area contributed by atoms with Crippen LogP contribution in [0.25, 0.3) is 0 Å². The van der Waals surface area contributed by atoms with E-state index in [-0.39, 0.29) is 6.04 Å². The molecule has 1 saturated heterocycles. The normalized spacial score (nSPS) is 20.9. The van der Waals surface area contributed by atoms with Gasteiger partial charge >= 0.3 is 0 Å². The minimum absolute atomic E-state index is 0.00676. The van der Waals surface area contributed by atoms with E-state index >= 15 is 0 Å². The van der Waals surface area contributed by atoms with Crippen molar-refractivity contribution in [1.82, 2.24) is 10.0 Å². The largest absolute Gasteiger partial charge is 0.315 e. The molecule has 1 aliphatic rings. The van der Waals surface area contributed by atoms with Crippen molar-refractivity contribution in [2.75, 3.05) is 13.1 Å². The summed E-state index contributed by atoms with van der Waals surface area (Å²) in [5.41, 5.74) is 0.916. The fraction of sp³-hybridized carbons (Fsp3) is 0.500. The molecule has 2 rings (SSSR count). The van der Waals surface area contributed by atoms with E-state index < -0.39 is 10.0 Å². The Kier molecular flexibility index (Phi) is 4.42. The van der Waals surface area contributed by atoms with Crippen LogP contribution in [0.4, 0.5) is 0 Å². The molecule has 1 fully saturated rings. The number of benzene rings is 1. The summed E-state index contributed by atoms with van der Waals surface area (Å²) >= 11 is 3.37. The maximum absolute atomic E-state index is 12.2. The Morgan fingerprint density at radius 1 is 1.44 bits per heavy atom. The number of hydrogen-bond donors (Lipinski definition) is 2. The molecule has 6 heteroatoms. The van der Waals surface area contributed by atoms with Crippen molar-refractivity contribution in [3.8, 4) is 0 Å². The maximum Gasteiger partial charge on any atom is 0.240 e. The van der Waals surface area contributed by atoms with Gasteiger partial charge in [-0.05, 0) is 50.1 Å². The summed E-state index contributed by atoms with van der Waals surface area (Å²) in [4.78, 5) is 0.328. The van der Waals surface area contributed by atoms with Crippen molar-refractivity contribution in [2.45, 2.75) is 30.7 Å². The van der Waals surface area contributed by atoms with E-state index in [1.807, 2.05) is 6.92 Å². The molecular weight excluding hydrogens is 316 g/mol. The van der Waals surface area contributed by atoms with Gasteiger partial charge in [-0.15, -0.1) is 0 Å². The second-order valence-corrected chi connectivity index (χ2v) is 7.14. The summed E-state index contributed by atoms with van der Waals surface area (Å²) in [5, 5.41) is 3.19. The molecule has 0 radical (unpaired) electrons. The zero-order valence-corrected chi connectivity index (χ0v) is 12.6. The molecule has 0 aliphatic carbocycles. The number of hydrogen-bond acceptors (Lipinski definition) is 3. The highest BCUT2D eigenvalue weighted by atomic mass is 79.9. The number of rotatable bonds is 3. The van der Waals surface area contributed by atoms with Crippen LogP contribution in [-0.2, 0) is 10.0 Å². The van der Waals surface area contributed by atoms with E-state index in [2.05, 4.69) is 26.0 Å². The smallest absolute Gasteiger partial charge is 0.240 e. The average Bonchev–Trinajstić information content (AvgIpc) is 2.33. The lowest BCUT2D eigenvalue weighted by Crippen LogP contribution is -2.45. The van der Waals surface area contributed by atoms with Gasteiger partial charge in [0.2, 0.25) is 10.0 Å². The summed E-state index contributed by atoms with van der Waals surface area (Å²) in [6.07, 6.45) is 1.90. The Hall–Kier alpha value is -0.430. The Bertz CT molecular complexity index is 525. The second-order valence-electron chi connectivity index (χ2n) is 4.58. The van der Waals surface area contributed by atoms with Crippen LogP contribution < -0.4 is 10.0 Å². The van der Waals surface area contributed by atoms with Crippen LogP contribution in [0.15, 0.2) is 27.6 Å². The zero-order valence-electron chi connectivity index (χ0n) is 10.2. The Morgan fingerprint density at radius 3 is 2.83 bits per heavy atom. The van der Waals surface area contributed by atoms with Gasteiger partial charge in [0.15, 0.2) is 0 Å². The van der Waals surface area contributed by atoms with E-state index in [0.29, 0.717) is 11.4 Å². The number of sulfonamides is 1. The maximum atomic E-state index is 12.2. The molecule has 0 saturated carbocycles. The van der Waals surface area contributed by atoms with Crippen molar-refractivity contribution < 1.29 is 8.42 Å². The predicted octanol–water partition coefficient (Wildman–Crippen LogP) is 1.79. The first-order chi connectivity index (χ1) is 8.49. The molecule has 0 bridgehead atoms. The summed E-state index contributed by atoms with van der Waals surface area (Å²) in [5.74, 6) is 0. The van der Waals surface area contributed by atoms with E-state index in [1.54, 1.807) is 18.2 Å². The first-order valence-electron chi connectivity index (χ1n) is 5.98. The molecule has 2 N–H and O–H groups in total. The summed E-state index contributed by atoms with van der Waals surface area (Å²) in [6, 6.07) is 5.06. The molecule has 100 valence electrons. The Morgan fingerprint density at radius 2 is 2.22 bits per heavy atom. The number of aryl methyl sites for hydroxylation is 1. The molecule has 1 aromatic carbocycles. The molecule has 1 unspecified atom stereocenters. The van der Waals surface area contributed by atoms with Crippen LogP contribution in [0, 0.1) is 6.92 Å². The third kappa shape index (κ3) is 3.32. The zero-order chi connectivity index (χ0) is 13.2. The van der Waals surface area contributed by atoms with Gasteiger partial charge in [0.25, 0.3) is 0 Å². The van der Waals surface area contributed by atoms with Gasteiger partial charge in [-0.1, -0.05) is 15.9 Å². The van der Waals surface area contributed by atoms with Crippen molar-refractivity contribution in [3.05, 3.63) is 28.2 Å². The summed E-state index contributed by atoms with van der Waals surface area (Å²) in [6.45, 7) is 3.55. The van der Waals surface area contributed by atoms with Crippen molar-refractivity contribution in [1.29, 1.82) is 0 Å². The molecule has 1 atom stereocenters. The molecule has 0 spiro atoms. The lowest BCUT2D eigenvalue weighted by atomic mass is 10.1. The van der Waals surface area contributed by atoms with Crippen LogP contribution in [0.1, 0.15) is 18.4 Å². The van der Waals surface area contributed by atoms with Gasteiger partial charge in [0, 0.05) is 17.1 Å². The predicted molar refractivity (Wildman–Crippen MR) is 75.1 cm³/mol. The lowest BCUT2D eigenvalue weighted by Gasteiger charge is -2.23. The molecular formula is C12H17BrN2O2S. The third-order valence-corrected chi connectivity index (χ3v) is 5.47. The van der Waals surface area contributed by atoms with Gasteiger partial charge in [-0.25, -0.2) is 13.1 Å². The SMILES string of the molecule is Cc1cc(S(=O)(=O)NC2CCCNC2)ccc1Br. The van der Waals surface area contributed by atoms with E-state index in [4.69, 9.17) is 0 Å². The van der Waals surface area contributed by atoms with Gasteiger partial charge in [-0.3, -0.25) is 0 Å². The summed E-state index contributed by atoms with van der Waals surface area (Å²) < 4.78 is 28.1. The van der Waals surface area contributed by atoms with E-state index in [9.17, 15) is 8.42 Å². The number of nitrogens with one attached hydrogen (secondary N) is 2. The molecule has 0 amide bonds. The van der Waals surface area contributed by atoms with E-state index in [0.717, 1.165) is 29.4 Å². The van der Waals surface area contributed by atoms with Crippen LogP contribution in [-0.4, -0.2) is 27.5 Å². The van der Waals surface area contributed by atoms with Crippen molar-refractivity contribution >= 4 is 26.0 Å². The Balaban J connectivity index is 2.16. The van der Waals surface area contributed by atoms with Crippen LogP contribution >= 0.6 is 15.9 Å². The van der Waals surface area contributed by atoms with Gasteiger partial charge in [0.05, 0.1) is 4.90 Å². The van der Waals surface area contributed by atoms with Crippen LogP contribution in [0.3, 0.4) is 0 Å². The van der Waals surface area contributed by atoms with Crippen LogP contribution in [0.2, 0.25) is 0 Å². The molecule has 1 aromatic rings. The van der Waals surface area contributed by atoms with Crippen molar-refractivity contribution in [3.63, 3.8) is 0 Å². The van der Waals surface area contributed by atoms with Gasteiger partial charge in [-0.2, -0.15) is 0 Å². The molecule has 0 aromatic heterocycles. The minimum Gasteiger partial charge on any atom is -0.315 e. The quantitative estimate of drug-likeness (QED) is 0.887. The average molecular weight is 333 g/mol. The first-order valence-corrected chi connectivity index (χ1v) is 8.26. The molecule has 4 nitrogen and oxygen atoms in total. The van der Waals surface area contributed by atoms with Gasteiger partial charge in [0.1, 0.15) is 0 Å².